The smallest absolute Gasteiger partial charge is 0.226 e. The number of aliphatic hydroxyl groups is 1. The average molecular weight is 360 g/mol. The number of piperidine rings is 2. The van der Waals surface area contributed by atoms with Crippen molar-refractivity contribution in [2.75, 3.05) is 33.3 Å². The molecule has 5 heteroatoms. The fourth-order valence-electron chi connectivity index (χ4n) is 4.26. The highest BCUT2D eigenvalue weighted by Crippen LogP contribution is 2.27. The largest absolute Gasteiger partial charge is 0.496 e. The number of methoxy groups -OCH3 is 1. The molecule has 1 aromatic carbocycles. The fourth-order valence-corrected chi connectivity index (χ4v) is 4.26. The molecule has 0 aliphatic carbocycles. The molecule has 1 aromatic rings. The lowest BCUT2D eigenvalue weighted by Gasteiger charge is -2.40. The van der Waals surface area contributed by atoms with E-state index in [1.807, 2.05) is 23.1 Å². The molecule has 2 fully saturated rings. The van der Waals surface area contributed by atoms with Crippen LogP contribution in [0.3, 0.4) is 0 Å². The van der Waals surface area contributed by atoms with Gasteiger partial charge in [0.2, 0.25) is 5.91 Å². The molecule has 2 aliphatic heterocycles. The highest BCUT2D eigenvalue weighted by molar-refractivity contribution is 5.79. The maximum atomic E-state index is 12.7. The maximum Gasteiger partial charge on any atom is 0.226 e. The molecule has 1 amide bonds. The first-order valence-electron chi connectivity index (χ1n) is 9.95. The molecule has 144 valence electrons. The molecule has 2 heterocycles. The van der Waals surface area contributed by atoms with Crippen LogP contribution in [0.15, 0.2) is 18.2 Å². The van der Waals surface area contributed by atoms with E-state index in [1.165, 1.54) is 32.4 Å². The molecule has 0 bridgehead atoms. The van der Waals surface area contributed by atoms with Gasteiger partial charge in [0.15, 0.2) is 0 Å². The van der Waals surface area contributed by atoms with E-state index in [9.17, 15) is 9.90 Å². The predicted molar refractivity (Wildman–Crippen MR) is 102 cm³/mol. The van der Waals surface area contributed by atoms with E-state index in [4.69, 9.17) is 4.74 Å². The topological polar surface area (TPSA) is 53.0 Å². The number of aliphatic hydroxyl groups excluding tert-OH is 1. The molecule has 0 aromatic heterocycles. The van der Waals surface area contributed by atoms with Crippen LogP contribution >= 0.6 is 0 Å². The third-order valence-electron chi connectivity index (χ3n) is 5.83. The first kappa shape index (κ1) is 19.2. The van der Waals surface area contributed by atoms with Crippen LogP contribution < -0.4 is 4.74 Å². The number of benzene rings is 1. The summed E-state index contributed by atoms with van der Waals surface area (Å²) in [5.74, 6) is 0.836. The zero-order chi connectivity index (χ0) is 18.5. The van der Waals surface area contributed by atoms with Gasteiger partial charge in [-0.15, -0.1) is 0 Å². The molecule has 0 spiro atoms. The predicted octanol–water partition coefficient (Wildman–Crippen LogP) is 2.77. The first-order chi connectivity index (χ1) is 12.6. The van der Waals surface area contributed by atoms with Crippen molar-refractivity contribution in [3.8, 4) is 5.75 Å². The number of carbonyl (C=O) groups is 1. The van der Waals surface area contributed by atoms with Crippen molar-refractivity contribution in [2.24, 2.45) is 0 Å². The van der Waals surface area contributed by atoms with Gasteiger partial charge >= 0.3 is 0 Å². The minimum atomic E-state index is -0.580. The van der Waals surface area contributed by atoms with Crippen LogP contribution in [0.4, 0.5) is 0 Å². The summed E-state index contributed by atoms with van der Waals surface area (Å²) in [7, 11) is 1.60. The monoisotopic (exact) mass is 360 g/mol. The van der Waals surface area contributed by atoms with Crippen molar-refractivity contribution in [1.82, 2.24) is 9.80 Å². The highest BCUT2D eigenvalue weighted by atomic mass is 16.5. The van der Waals surface area contributed by atoms with E-state index in [-0.39, 0.29) is 5.91 Å². The summed E-state index contributed by atoms with van der Waals surface area (Å²) >= 11 is 0. The Labute approximate surface area is 156 Å². The molecule has 2 saturated heterocycles. The molecule has 0 radical (unpaired) electrons. The number of hydrogen-bond acceptors (Lipinski definition) is 4. The Morgan fingerprint density at radius 3 is 2.50 bits per heavy atom. The second-order valence-electron chi connectivity index (χ2n) is 7.64. The first-order valence-corrected chi connectivity index (χ1v) is 9.95. The van der Waals surface area contributed by atoms with Crippen LogP contribution in [-0.2, 0) is 11.2 Å². The molecule has 26 heavy (non-hydrogen) atoms. The minimum absolute atomic E-state index is 0.189. The summed E-state index contributed by atoms with van der Waals surface area (Å²) in [4.78, 5) is 17.3. The van der Waals surface area contributed by atoms with E-state index in [0.717, 1.165) is 37.1 Å². The number of ether oxygens (including phenoxy) is 1. The summed E-state index contributed by atoms with van der Waals surface area (Å²) < 4.78 is 5.37. The maximum absolute atomic E-state index is 12.7. The SMILES string of the molecule is COc1cc(CC(=O)N2CCC(N3CCCCC3)CC2)ccc1C(C)O. The summed E-state index contributed by atoms with van der Waals surface area (Å²) in [6.45, 7) is 5.91. The van der Waals surface area contributed by atoms with Crippen LogP contribution in [0.1, 0.15) is 56.3 Å². The van der Waals surface area contributed by atoms with Gasteiger partial charge < -0.3 is 19.6 Å². The lowest BCUT2D eigenvalue weighted by atomic mass is 9.99. The Kier molecular flexibility index (Phi) is 6.54. The summed E-state index contributed by atoms with van der Waals surface area (Å²) in [6, 6.07) is 6.31. The second-order valence-corrected chi connectivity index (χ2v) is 7.64. The van der Waals surface area contributed by atoms with E-state index in [0.29, 0.717) is 18.2 Å². The van der Waals surface area contributed by atoms with Gasteiger partial charge in [-0.1, -0.05) is 18.6 Å². The molecule has 1 unspecified atom stereocenters. The number of rotatable bonds is 5. The summed E-state index contributed by atoms with van der Waals surface area (Å²) in [5.41, 5.74) is 1.69. The van der Waals surface area contributed by atoms with Gasteiger partial charge in [0.1, 0.15) is 5.75 Å². The zero-order valence-electron chi connectivity index (χ0n) is 16.1. The average Bonchev–Trinajstić information content (AvgIpc) is 2.68. The van der Waals surface area contributed by atoms with Crippen molar-refractivity contribution in [3.05, 3.63) is 29.3 Å². The van der Waals surface area contributed by atoms with Gasteiger partial charge in [0, 0.05) is 24.7 Å². The molecule has 0 saturated carbocycles. The van der Waals surface area contributed by atoms with Crippen molar-refractivity contribution < 1.29 is 14.6 Å². The lowest BCUT2D eigenvalue weighted by Crippen LogP contribution is -2.48. The Balaban J connectivity index is 1.54. The van der Waals surface area contributed by atoms with E-state index in [2.05, 4.69) is 4.90 Å². The molecular weight excluding hydrogens is 328 g/mol. The van der Waals surface area contributed by atoms with Crippen molar-refractivity contribution >= 4 is 5.91 Å². The van der Waals surface area contributed by atoms with Crippen LogP contribution in [0.25, 0.3) is 0 Å². The van der Waals surface area contributed by atoms with Gasteiger partial charge in [-0.3, -0.25) is 4.79 Å². The van der Waals surface area contributed by atoms with Crippen molar-refractivity contribution in [3.63, 3.8) is 0 Å². The molecular formula is C21H32N2O3. The van der Waals surface area contributed by atoms with Gasteiger partial charge in [-0.25, -0.2) is 0 Å². The molecule has 2 aliphatic rings. The van der Waals surface area contributed by atoms with E-state index in [1.54, 1.807) is 14.0 Å². The quantitative estimate of drug-likeness (QED) is 0.877. The Morgan fingerprint density at radius 2 is 1.88 bits per heavy atom. The van der Waals surface area contributed by atoms with Crippen LogP contribution in [0.2, 0.25) is 0 Å². The van der Waals surface area contributed by atoms with Gasteiger partial charge in [-0.05, 0) is 57.3 Å². The third kappa shape index (κ3) is 4.57. The molecule has 1 atom stereocenters. The van der Waals surface area contributed by atoms with Crippen LogP contribution in [0.5, 0.6) is 5.75 Å². The van der Waals surface area contributed by atoms with E-state index < -0.39 is 6.10 Å². The third-order valence-corrected chi connectivity index (χ3v) is 5.83. The van der Waals surface area contributed by atoms with E-state index >= 15 is 0 Å². The van der Waals surface area contributed by atoms with Crippen LogP contribution in [0, 0.1) is 0 Å². The molecule has 5 nitrogen and oxygen atoms in total. The van der Waals surface area contributed by atoms with Gasteiger partial charge in [-0.2, -0.15) is 0 Å². The number of carbonyl (C=O) groups excluding carboxylic acids is 1. The standard InChI is InChI=1S/C21H32N2O3/c1-16(24)19-7-6-17(14-20(19)26-2)15-21(25)23-12-8-18(9-13-23)22-10-4-3-5-11-22/h6-7,14,16,18,24H,3-5,8-13,15H2,1-2H3. The molecule has 3 rings (SSSR count). The highest BCUT2D eigenvalue weighted by Gasteiger charge is 2.27. The lowest BCUT2D eigenvalue weighted by molar-refractivity contribution is -0.132. The normalized spacial score (nSPS) is 20.8. The molecule has 1 N–H and O–H groups in total. The fraction of sp³-hybridized carbons (Fsp3) is 0.667. The van der Waals surface area contributed by atoms with Crippen molar-refractivity contribution in [2.45, 2.75) is 57.6 Å². The number of nitrogens with zero attached hydrogens (tertiary/aromatic N) is 2. The Hall–Kier alpha value is -1.59. The summed E-state index contributed by atoms with van der Waals surface area (Å²) in [5, 5.41) is 9.79. The Morgan fingerprint density at radius 1 is 1.19 bits per heavy atom. The van der Waals surface area contributed by atoms with Crippen molar-refractivity contribution in [1.29, 1.82) is 0 Å². The van der Waals surface area contributed by atoms with Gasteiger partial charge in [0.05, 0.1) is 19.6 Å². The van der Waals surface area contributed by atoms with Crippen LogP contribution in [-0.4, -0.2) is 60.1 Å². The summed E-state index contributed by atoms with van der Waals surface area (Å²) in [6.07, 6.45) is 6.01. The van der Waals surface area contributed by atoms with Gasteiger partial charge in [0.25, 0.3) is 0 Å². The number of hydrogen-bond donors (Lipinski definition) is 1. The number of amides is 1. The Bertz CT molecular complexity index is 603. The zero-order valence-corrected chi connectivity index (χ0v) is 16.1. The second kappa shape index (κ2) is 8.87. The number of likely N-dealkylation sites (tertiary alicyclic amines) is 2. The minimum Gasteiger partial charge on any atom is -0.496 e.